The van der Waals surface area contributed by atoms with Crippen molar-refractivity contribution in [3.05, 3.63) is 57.3 Å². The third-order valence-electron chi connectivity index (χ3n) is 4.92. The van der Waals surface area contributed by atoms with Crippen LogP contribution >= 0.6 is 0 Å². The molecule has 0 radical (unpaired) electrons. The zero-order chi connectivity index (χ0) is 18.8. The SMILES string of the molecule is Cc1c(OCC(=O)NCc2cnoc2)ccc2c3c(c(=O)oc12)CCCC3. The summed E-state index contributed by atoms with van der Waals surface area (Å²) < 4.78 is 15.9. The van der Waals surface area contributed by atoms with Crippen molar-refractivity contribution in [3.8, 4) is 5.75 Å². The van der Waals surface area contributed by atoms with Gasteiger partial charge < -0.3 is 19.0 Å². The third kappa shape index (κ3) is 3.45. The van der Waals surface area contributed by atoms with Crippen LogP contribution in [0.15, 0.2) is 38.3 Å². The number of aromatic nitrogens is 1. The van der Waals surface area contributed by atoms with Crippen molar-refractivity contribution in [2.45, 2.75) is 39.2 Å². The van der Waals surface area contributed by atoms with Crippen LogP contribution in [0.4, 0.5) is 0 Å². The Balaban J connectivity index is 1.52. The number of rotatable bonds is 5. The quantitative estimate of drug-likeness (QED) is 0.696. The van der Waals surface area contributed by atoms with Gasteiger partial charge >= 0.3 is 5.63 Å². The Hall–Kier alpha value is -3.09. The normalized spacial score (nSPS) is 13.4. The molecule has 1 aromatic carbocycles. The number of fused-ring (bicyclic) bond motifs is 3. The lowest BCUT2D eigenvalue weighted by Gasteiger charge is -2.18. The summed E-state index contributed by atoms with van der Waals surface area (Å²) in [7, 11) is 0. The topological polar surface area (TPSA) is 94.6 Å². The molecule has 0 saturated carbocycles. The van der Waals surface area contributed by atoms with Gasteiger partial charge in [0.2, 0.25) is 0 Å². The van der Waals surface area contributed by atoms with Gasteiger partial charge in [0.05, 0.1) is 6.20 Å². The molecule has 4 rings (SSSR count). The van der Waals surface area contributed by atoms with Crippen LogP contribution in [0.3, 0.4) is 0 Å². The van der Waals surface area contributed by atoms with E-state index in [9.17, 15) is 9.59 Å². The summed E-state index contributed by atoms with van der Waals surface area (Å²) in [5, 5.41) is 7.27. The van der Waals surface area contributed by atoms with Gasteiger partial charge in [-0.05, 0) is 50.3 Å². The molecule has 7 nitrogen and oxygen atoms in total. The molecule has 0 aliphatic heterocycles. The lowest BCUT2D eigenvalue weighted by molar-refractivity contribution is -0.123. The van der Waals surface area contributed by atoms with Gasteiger partial charge in [0.1, 0.15) is 17.6 Å². The fourth-order valence-corrected chi connectivity index (χ4v) is 3.49. The molecule has 1 aliphatic rings. The van der Waals surface area contributed by atoms with Crippen LogP contribution in [0.1, 0.15) is 35.1 Å². The van der Waals surface area contributed by atoms with E-state index < -0.39 is 0 Å². The van der Waals surface area contributed by atoms with Crippen molar-refractivity contribution in [1.82, 2.24) is 10.5 Å². The molecule has 0 atom stereocenters. The number of nitrogens with one attached hydrogen (secondary N) is 1. The molecule has 0 spiro atoms. The van der Waals surface area contributed by atoms with Crippen LogP contribution in [0, 0.1) is 6.92 Å². The summed E-state index contributed by atoms with van der Waals surface area (Å²) in [6, 6.07) is 3.75. The number of hydrogen-bond acceptors (Lipinski definition) is 6. The van der Waals surface area contributed by atoms with Gasteiger partial charge in [-0.1, -0.05) is 5.16 Å². The average molecular weight is 368 g/mol. The number of benzene rings is 1. The number of aryl methyl sites for hydroxylation is 2. The largest absolute Gasteiger partial charge is 0.483 e. The molecular weight excluding hydrogens is 348 g/mol. The Morgan fingerprint density at radius 3 is 2.85 bits per heavy atom. The van der Waals surface area contributed by atoms with Gasteiger partial charge in [0.15, 0.2) is 6.61 Å². The lowest BCUT2D eigenvalue weighted by Crippen LogP contribution is -2.28. The van der Waals surface area contributed by atoms with E-state index in [1.54, 1.807) is 0 Å². The van der Waals surface area contributed by atoms with Gasteiger partial charge in [0.25, 0.3) is 5.91 Å². The molecule has 1 aliphatic carbocycles. The van der Waals surface area contributed by atoms with Crippen LogP contribution in [-0.4, -0.2) is 17.7 Å². The predicted octanol–water partition coefficient (Wildman–Crippen LogP) is 2.66. The summed E-state index contributed by atoms with van der Waals surface area (Å²) in [4.78, 5) is 24.3. The molecule has 0 unspecified atom stereocenters. The molecule has 7 heteroatoms. The number of carbonyl (C=O) groups is 1. The minimum atomic E-state index is -0.261. The van der Waals surface area contributed by atoms with E-state index in [2.05, 4.69) is 10.5 Å². The second kappa shape index (κ2) is 7.26. The van der Waals surface area contributed by atoms with Crippen LogP contribution in [0.2, 0.25) is 0 Å². The minimum absolute atomic E-state index is 0.132. The smallest absolute Gasteiger partial charge is 0.339 e. The molecule has 0 fully saturated rings. The maximum atomic E-state index is 12.3. The van der Waals surface area contributed by atoms with E-state index in [1.165, 1.54) is 12.5 Å². The molecule has 2 heterocycles. The van der Waals surface area contributed by atoms with Gasteiger partial charge in [-0.15, -0.1) is 0 Å². The average Bonchev–Trinajstić information content (AvgIpc) is 3.20. The van der Waals surface area contributed by atoms with Crippen molar-refractivity contribution in [2.75, 3.05) is 6.61 Å². The van der Waals surface area contributed by atoms with Crippen molar-refractivity contribution >= 4 is 16.9 Å². The van der Waals surface area contributed by atoms with Crippen molar-refractivity contribution in [1.29, 1.82) is 0 Å². The summed E-state index contributed by atoms with van der Waals surface area (Å²) in [5.74, 6) is 0.268. The summed E-state index contributed by atoms with van der Waals surface area (Å²) in [6.07, 6.45) is 6.77. The Kier molecular flexibility index (Phi) is 4.66. The van der Waals surface area contributed by atoms with E-state index in [0.717, 1.165) is 53.3 Å². The molecule has 140 valence electrons. The zero-order valence-electron chi connectivity index (χ0n) is 15.0. The molecule has 0 saturated heterocycles. The van der Waals surface area contributed by atoms with Crippen molar-refractivity contribution in [2.24, 2.45) is 0 Å². The highest BCUT2D eigenvalue weighted by Gasteiger charge is 2.20. The fourth-order valence-electron chi connectivity index (χ4n) is 3.49. The van der Waals surface area contributed by atoms with Gasteiger partial charge in [0, 0.05) is 28.6 Å². The highest BCUT2D eigenvalue weighted by Crippen LogP contribution is 2.32. The first-order valence-electron chi connectivity index (χ1n) is 8.99. The molecule has 1 N–H and O–H groups in total. The first-order valence-corrected chi connectivity index (χ1v) is 8.99. The standard InChI is InChI=1S/C20H20N2O5/c1-12-17(25-11-18(23)21-8-13-9-22-26-10-13)7-6-15-14-4-2-3-5-16(14)20(24)27-19(12)15/h6-7,9-10H,2-5,8,11H2,1H3,(H,21,23). The van der Waals surface area contributed by atoms with Crippen molar-refractivity contribution in [3.63, 3.8) is 0 Å². The summed E-state index contributed by atoms with van der Waals surface area (Å²) >= 11 is 0. The molecule has 1 amide bonds. The Bertz CT molecular complexity index is 1040. The fraction of sp³-hybridized carbons (Fsp3) is 0.350. The van der Waals surface area contributed by atoms with Crippen LogP contribution in [-0.2, 0) is 24.2 Å². The van der Waals surface area contributed by atoms with E-state index in [4.69, 9.17) is 13.7 Å². The Labute approximate surface area is 155 Å². The second-order valence-electron chi connectivity index (χ2n) is 6.72. The van der Waals surface area contributed by atoms with E-state index in [-0.39, 0.29) is 18.1 Å². The highest BCUT2D eigenvalue weighted by molar-refractivity contribution is 5.86. The molecule has 2 aromatic heterocycles. The maximum absolute atomic E-state index is 12.3. The van der Waals surface area contributed by atoms with E-state index >= 15 is 0 Å². The Morgan fingerprint density at radius 1 is 1.26 bits per heavy atom. The summed E-state index contributed by atoms with van der Waals surface area (Å²) in [6.45, 7) is 2.03. The number of hydrogen-bond donors (Lipinski definition) is 1. The van der Waals surface area contributed by atoms with Crippen molar-refractivity contribution < 1.29 is 18.5 Å². The monoisotopic (exact) mass is 368 g/mol. The van der Waals surface area contributed by atoms with E-state index in [0.29, 0.717) is 17.9 Å². The molecule has 27 heavy (non-hydrogen) atoms. The maximum Gasteiger partial charge on any atom is 0.339 e. The predicted molar refractivity (Wildman–Crippen MR) is 97.7 cm³/mol. The Morgan fingerprint density at radius 2 is 2.07 bits per heavy atom. The molecule has 3 aromatic rings. The first kappa shape index (κ1) is 17.3. The first-order chi connectivity index (χ1) is 13.1. The van der Waals surface area contributed by atoms with Crippen LogP contribution < -0.4 is 15.7 Å². The summed E-state index contributed by atoms with van der Waals surface area (Å²) in [5.41, 5.74) is 3.68. The lowest BCUT2D eigenvalue weighted by atomic mass is 9.90. The molecule has 0 bridgehead atoms. The van der Waals surface area contributed by atoms with Gasteiger partial charge in [-0.2, -0.15) is 0 Å². The molecular formula is C20H20N2O5. The van der Waals surface area contributed by atoms with Crippen LogP contribution in [0.5, 0.6) is 5.75 Å². The number of amides is 1. The number of carbonyl (C=O) groups excluding carboxylic acids is 1. The van der Waals surface area contributed by atoms with Gasteiger partial charge in [-0.3, -0.25) is 4.79 Å². The van der Waals surface area contributed by atoms with E-state index in [1.807, 2.05) is 19.1 Å². The van der Waals surface area contributed by atoms with Crippen LogP contribution in [0.25, 0.3) is 11.0 Å². The third-order valence-corrected chi connectivity index (χ3v) is 4.92. The number of nitrogens with zero attached hydrogens (tertiary/aromatic N) is 1. The number of ether oxygens (including phenoxy) is 1. The zero-order valence-corrected chi connectivity index (χ0v) is 15.0. The minimum Gasteiger partial charge on any atom is -0.483 e. The highest BCUT2D eigenvalue weighted by atomic mass is 16.5. The van der Waals surface area contributed by atoms with Gasteiger partial charge in [-0.25, -0.2) is 4.79 Å². The second-order valence-corrected chi connectivity index (χ2v) is 6.72.